The Bertz CT molecular complexity index is 1400. The van der Waals surface area contributed by atoms with E-state index in [0.29, 0.717) is 28.6 Å². The standard InChI is InChI=1S/C26H19F3N4OS/c1-15-22(25-31-24(32-34-25)18-6-12-21(29)13-7-18)23(17-4-10-20(28)11-5-17)30-26(35)33(15)14-16-2-8-19(27)9-3-16/h2-13,23H,14H2,1H3,(H,30,35). The van der Waals surface area contributed by atoms with Crippen LogP contribution in [0.5, 0.6) is 0 Å². The fraction of sp³-hybridized carbons (Fsp3) is 0.115. The van der Waals surface area contributed by atoms with E-state index in [4.69, 9.17) is 16.7 Å². The van der Waals surface area contributed by atoms with Crippen LogP contribution in [0.25, 0.3) is 17.0 Å². The minimum atomic E-state index is -0.478. The molecule has 9 heteroatoms. The summed E-state index contributed by atoms with van der Waals surface area (Å²) < 4.78 is 46.0. The Hall–Kier alpha value is -3.98. The lowest BCUT2D eigenvalue weighted by Crippen LogP contribution is -2.45. The van der Waals surface area contributed by atoms with Crippen molar-refractivity contribution in [2.24, 2.45) is 0 Å². The van der Waals surface area contributed by atoms with Gasteiger partial charge in [0.25, 0.3) is 5.89 Å². The van der Waals surface area contributed by atoms with Crippen molar-refractivity contribution in [1.82, 2.24) is 20.4 Å². The van der Waals surface area contributed by atoms with E-state index < -0.39 is 6.04 Å². The molecular weight excluding hydrogens is 473 g/mol. The van der Waals surface area contributed by atoms with Crippen molar-refractivity contribution in [2.45, 2.75) is 19.5 Å². The second kappa shape index (κ2) is 9.34. The number of halogens is 3. The zero-order chi connectivity index (χ0) is 24.5. The van der Waals surface area contributed by atoms with E-state index in [9.17, 15) is 13.2 Å². The van der Waals surface area contributed by atoms with Crippen LogP contribution in [0, 0.1) is 17.5 Å². The number of nitrogens with one attached hydrogen (secondary N) is 1. The Balaban J connectivity index is 1.58. The van der Waals surface area contributed by atoms with E-state index in [0.717, 1.165) is 16.8 Å². The highest BCUT2D eigenvalue weighted by atomic mass is 32.1. The van der Waals surface area contributed by atoms with Crippen LogP contribution in [0.15, 0.2) is 83.0 Å². The first kappa shape index (κ1) is 22.8. The molecule has 0 radical (unpaired) electrons. The van der Waals surface area contributed by atoms with E-state index in [1.807, 2.05) is 11.8 Å². The Kier molecular flexibility index (Phi) is 6.08. The van der Waals surface area contributed by atoms with Crippen molar-refractivity contribution < 1.29 is 17.7 Å². The molecule has 35 heavy (non-hydrogen) atoms. The summed E-state index contributed by atoms with van der Waals surface area (Å²) in [7, 11) is 0. The molecular formula is C26H19F3N4OS. The van der Waals surface area contributed by atoms with Crippen molar-refractivity contribution in [3.05, 3.63) is 113 Å². The summed E-state index contributed by atoms with van der Waals surface area (Å²) in [6, 6.07) is 17.5. The van der Waals surface area contributed by atoms with Gasteiger partial charge >= 0.3 is 0 Å². The summed E-state index contributed by atoms with van der Waals surface area (Å²) in [5.41, 5.74) is 3.62. The van der Waals surface area contributed by atoms with Crippen molar-refractivity contribution in [2.75, 3.05) is 0 Å². The number of nitrogens with zero attached hydrogens (tertiary/aromatic N) is 3. The maximum Gasteiger partial charge on any atom is 0.258 e. The molecule has 0 saturated carbocycles. The molecule has 0 fully saturated rings. The molecule has 0 amide bonds. The lowest BCUT2D eigenvalue weighted by molar-refractivity contribution is 0.396. The van der Waals surface area contributed by atoms with Gasteiger partial charge in [-0.1, -0.05) is 29.4 Å². The third kappa shape index (κ3) is 4.67. The highest BCUT2D eigenvalue weighted by Crippen LogP contribution is 2.38. The van der Waals surface area contributed by atoms with Crippen LogP contribution in [0.2, 0.25) is 0 Å². The molecule has 1 N–H and O–H groups in total. The van der Waals surface area contributed by atoms with E-state index in [1.165, 1.54) is 36.4 Å². The summed E-state index contributed by atoms with van der Waals surface area (Å²) in [4.78, 5) is 6.42. The molecule has 5 nitrogen and oxygen atoms in total. The fourth-order valence-corrected chi connectivity index (χ4v) is 4.29. The summed E-state index contributed by atoms with van der Waals surface area (Å²) in [5.74, 6) is -0.499. The Morgan fingerprint density at radius 1 is 0.886 bits per heavy atom. The normalized spacial score (nSPS) is 15.9. The predicted molar refractivity (Wildman–Crippen MR) is 129 cm³/mol. The molecule has 1 aliphatic heterocycles. The van der Waals surface area contributed by atoms with Gasteiger partial charge in [0.05, 0.1) is 11.6 Å². The number of aromatic nitrogens is 2. The third-order valence-corrected chi connectivity index (χ3v) is 6.15. The van der Waals surface area contributed by atoms with Gasteiger partial charge in [-0.15, -0.1) is 0 Å². The predicted octanol–water partition coefficient (Wildman–Crippen LogP) is 6.02. The molecule has 3 aromatic carbocycles. The molecule has 0 spiro atoms. The molecule has 0 saturated heterocycles. The number of benzene rings is 3. The van der Waals surface area contributed by atoms with Crippen LogP contribution in [0.3, 0.4) is 0 Å². The molecule has 176 valence electrons. The minimum Gasteiger partial charge on any atom is -0.351 e. The zero-order valence-corrected chi connectivity index (χ0v) is 19.3. The van der Waals surface area contributed by atoms with Gasteiger partial charge in [0.2, 0.25) is 5.82 Å². The second-order valence-corrected chi connectivity index (χ2v) is 8.46. The number of hydrogen-bond acceptors (Lipinski definition) is 4. The van der Waals surface area contributed by atoms with Crippen LogP contribution in [-0.2, 0) is 6.54 Å². The van der Waals surface area contributed by atoms with Crippen LogP contribution in [0.1, 0.15) is 30.0 Å². The highest BCUT2D eigenvalue weighted by molar-refractivity contribution is 7.80. The number of hydrogen-bond donors (Lipinski definition) is 1. The fourth-order valence-electron chi connectivity index (χ4n) is 3.98. The van der Waals surface area contributed by atoms with E-state index >= 15 is 0 Å². The summed E-state index contributed by atoms with van der Waals surface area (Å²) >= 11 is 5.66. The van der Waals surface area contributed by atoms with Crippen molar-refractivity contribution in [3.63, 3.8) is 0 Å². The van der Waals surface area contributed by atoms with Gasteiger partial charge in [-0.3, -0.25) is 0 Å². The molecule has 5 rings (SSSR count). The second-order valence-electron chi connectivity index (χ2n) is 8.08. The van der Waals surface area contributed by atoms with Gasteiger partial charge in [-0.2, -0.15) is 4.98 Å². The molecule has 0 aliphatic carbocycles. The van der Waals surface area contributed by atoms with Crippen LogP contribution >= 0.6 is 12.2 Å². The molecule has 2 heterocycles. The summed E-state index contributed by atoms with van der Waals surface area (Å²) in [5, 5.41) is 7.82. The Morgan fingerprint density at radius 2 is 1.46 bits per heavy atom. The average molecular weight is 493 g/mol. The monoisotopic (exact) mass is 492 g/mol. The SMILES string of the molecule is CC1=C(c2nc(-c3ccc(F)cc3)no2)C(c2ccc(F)cc2)NC(=S)N1Cc1ccc(F)cc1. The van der Waals surface area contributed by atoms with Gasteiger partial charge in [-0.05, 0) is 78.8 Å². The first-order valence-corrected chi connectivity index (χ1v) is 11.2. The van der Waals surface area contributed by atoms with E-state index in [1.54, 1.807) is 36.4 Å². The van der Waals surface area contributed by atoms with Gasteiger partial charge in [-0.25, -0.2) is 13.2 Å². The van der Waals surface area contributed by atoms with E-state index in [-0.39, 0.29) is 23.3 Å². The van der Waals surface area contributed by atoms with Gasteiger partial charge in [0.1, 0.15) is 17.5 Å². The van der Waals surface area contributed by atoms with Crippen molar-refractivity contribution in [1.29, 1.82) is 0 Å². The smallest absolute Gasteiger partial charge is 0.258 e. The molecule has 4 aromatic rings. The van der Waals surface area contributed by atoms with Crippen LogP contribution in [0.4, 0.5) is 13.2 Å². The first-order valence-electron chi connectivity index (χ1n) is 10.8. The molecule has 1 aromatic heterocycles. The summed E-state index contributed by atoms with van der Waals surface area (Å²) in [6.07, 6.45) is 0. The van der Waals surface area contributed by atoms with E-state index in [2.05, 4.69) is 15.5 Å². The average Bonchev–Trinajstić information content (AvgIpc) is 3.33. The lowest BCUT2D eigenvalue weighted by Gasteiger charge is -2.37. The number of allylic oxidation sites excluding steroid dienone is 1. The minimum absolute atomic E-state index is 0.246. The van der Waals surface area contributed by atoms with Gasteiger partial charge in [0.15, 0.2) is 5.11 Å². The molecule has 0 bridgehead atoms. The molecule has 1 unspecified atom stereocenters. The van der Waals surface area contributed by atoms with Crippen LogP contribution < -0.4 is 5.32 Å². The van der Waals surface area contributed by atoms with Crippen molar-refractivity contribution in [3.8, 4) is 11.4 Å². The number of thiocarbonyl (C=S) groups is 1. The first-order chi connectivity index (χ1) is 16.9. The van der Waals surface area contributed by atoms with Gasteiger partial charge in [0, 0.05) is 17.8 Å². The Labute approximate surface area is 204 Å². The maximum atomic E-state index is 13.6. The number of rotatable bonds is 5. The highest BCUT2D eigenvalue weighted by Gasteiger charge is 2.34. The Morgan fingerprint density at radius 3 is 2.09 bits per heavy atom. The van der Waals surface area contributed by atoms with Crippen LogP contribution in [-0.4, -0.2) is 20.2 Å². The summed E-state index contributed by atoms with van der Waals surface area (Å²) in [6.45, 7) is 2.26. The molecule has 1 aliphatic rings. The maximum absolute atomic E-state index is 13.6. The lowest BCUT2D eigenvalue weighted by atomic mass is 9.94. The topological polar surface area (TPSA) is 54.2 Å². The largest absolute Gasteiger partial charge is 0.351 e. The quantitative estimate of drug-likeness (QED) is 0.344. The van der Waals surface area contributed by atoms with Crippen molar-refractivity contribution >= 4 is 22.9 Å². The molecule has 1 atom stereocenters. The van der Waals surface area contributed by atoms with Gasteiger partial charge < -0.3 is 14.7 Å². The zero-order valence-electron chi connectivity index (χ0n) is 18.5. The third-order valence-electron chi connectivity index (χ3n) is 5.81.